The fraction of sp³-hybridized carbons (Fsp3) is 0.708. The second-order valence-corrected chi connectivity index (χ2v) is 15.6. The molecule has 3 rings (SSSR count). The van der Waals surface area contributed by atoms with Gasteiger partial charge in [-0.15, -0.1) is 0 Å². The largest absolute Gasteiger partial charge is 0.504 e. The zero-order valence-corrected chi connectivity index (χ0v) is 38.6. The number of aromatic hydroxyl groups is 2. The number of halogens is 3. The third-order valence-electron chi connectivity index (χ3n) is 9.26. The Bertz CT molecular complexity index is 1230. The molecule has 1 heterocycles. The number of anilines is 1. The predicted octanol–water partition coefficient (Wildman–Crippen LogP) is 13.2. The van der Waals surface area contributed by atoms with E-state index >= 15 is 0 Å². The number of phenols is 2. The molecule has 2 aromatic rings. The van der Waals surface area contributed by atoms with Gasteiger partial charge in [-0.05, 0) is 139 Å². The van der Waals surface area contributed by atoms with E-state index in [-0.39, 0.29) is 5.56 Å². The fourth-order valence-corrected chi connectivity index (χ4v) is 5.49. The molecular weight excluding hydrogens is 740 g/mol. The molecule has 0 amide bonds. The van der Waals surface area contributed by atoms with E-state index in [0.717, 1.165) is 68.6 Å². The Morgan fingerprint density at radius 2 is 1.41 bits per heavy atom. The van der Waals surface area contributed by atoms with Crippen molar-refractivity contribution in [3.8, 4) is 11.5 Å². The molecule has 10 heteroatoms. The average molecular weight is 826 g/mol. The standard InChI is InChI=1S/C16H27N.C8H7F3O2.C8H19N.C7H15N.C5H10O.C4H8O/c1-4-7-12-15(10-5-2)17-16-13-9-8-11-14(16)6-3;1-4-2-5(8(9,10)11)7(13)6(12)3-4;1-4-6-9-7-5-8(2)3;1-7-3-5-8(2)6-4-7;1-2-3-4-5-6;1-2-3-4-5/h8-9,11,13,15,17H,4-7,10,12H2,1-3H3;2-3,12-13H,1H3;8-9H,4-7H2,1-3H3;7H,3-6H2,1-2H3;5H,2-4H2,1H3;4H,2-3H2,1H3. The molecule has 0 spiro atoms. The fourth-order valence-electron chi connectivity index (χ4n) is 5.49. The number of nitrogens with zero attached hydrogens (tertiary/aromatic N) is 1. The van der Waals surface area contributed by atoms with Crippen LogP contribution in [0.5, 0.6) is 11.5 Å². The predicted molar refractivity (Wildman–Crippen MR) is 242 cm³/mol. The number of carbonyl (C=O) groups excluding carboxylic acids is 2. The number of benzene rings is 2. The monoisotopic (exact) mass is 826 g/mol. The van der Waals surface area contributed by atoms with Gasteiger partial charge in [-0.2, -0.15) is 13.2 Å². The number of phenolic OH excluding ortho intramolecular Hbond substituents is 2. The van der Waals surface area contributed by atoms with Gasteiger partial charge < -0.3 is 35.3 Å². The number of carbonyl (C=O) groups is 2. The van der Waals surface area contributed by atoms with Crippen LogP contribution >= 0.6 is 0 Å². The van der Waals surface area contributed by atoms with Crippen LogP contribution in [0.2, 0.25) is 0 Å². The molecule has 1 aliphatic heterocycles. The summed E-state index contributed by atoms with van der Waals surface area (Å²) in [5, 5.41) is 24.9. The second-order valence-electron chi connectivity index (χ2n) is 15.6. The normalized spacial score (nSPS) is 13.0. The number of unbranched alkanes of at least 4 members (excludes halogenated alkanes) is 4. The van der Waals surface area contributed by atoms with Crippen molar-refractivity contribution in [1.29, 1.82) is 0 Å². The van der Waals surface area contributed by atoms with E-state index in [1.54, 1.807) is 0 Å². The van der Waals surface area contributed by atoms with E-state index in [2.05, 4.69) is 102 Å². The molecule has 2 aromatic carbocycles. The summed E-state index contributed by atoms with van der Waals surface area (Å²) in [4.78, 5) is 21.4. The van der Waals surface area contributed by atoms with Gasteiger partial charge in [0.05, 0.1) is 0 Å². The number of para-hydroxylation sites is 1. The number of aryl methyl sites for hydroxylation is 2. The SMILES string of the molecule is CC1CCN(C)CC1.CCCC=O.CCCCC(CCC)Nc1ccccc1CC.CCCCC=O.CCCNCCC(C)C.Cc1cc(O)c(O)c(C(F)(F)F)c1. The first-order valence-electron chi connectivity index (χ1n) is 22.2. The summed E-state index contributed by atoms with van der Waals surface area (Å²) in [6.45, 7) is 26.2. The maximum atomic E-state index is 12.1. The van der Waals surface area contributed by atoms with Gasteiger partial charge in [0.1, 0.15) is 18.1 Å². The van der Waals surface area contributed by atoms with Crippen LogP contribution in [0.3, 0.4) is 0 Å². The molecule has 338 valence electrons. The molecule has 0 aromatic heterocycles. The van der Waals surface area contributed by atoms with Gasteiger partial charge in [0, 0.05) is 24.6 Å². The van der Waals surface area contributed by atoms with Crippen molar-refractivity contribution in [1.82, 2.24) is 10.2 Å². The van der Waals surface area contributed by atoms with Crippen LogP contribution < -0.4 is 10.6 Å². The van der Waals surface area contributed by atoms with Crippen LogP contribution in [-0.4, -0.2) is 67.0 Å². The number of hydrogen-bond donors (Lipinski definition) is 4. The minimum atomic E-state index is -4.65. The molecule has 1 saturated heterocycles. The van der Waals surface area contributed by atoms with Crippen LogP contribution in [0.4, 0.5) is 18.9 Å². The molecule has 0 radical (unpaired) electrons. The van der Waals surface area contributed by atoms with Crippen molar-refractivity contribution in [3.05, 3.63) is 53.1 Å². The van der Waals surface area contributed by atoms with Gasteiger partial charge in [-0.3, -0.25) is 0 Å². The smallest absolute Gasteiger partial charge is 0.420 e. The van der Waals surface area contributed by atoms with Crippen molar-refractivity contribution in [2.24, 2.45) is 11.8 Å². The lowest BCUT2D eigenvalue weighted by atomic mass is 10.00. The van der Waals surface area contributed by atoms with E-state index in [1.165, 1.54) is 102 Å². The summed E-state index contributed by atoms with van der Waals surface area (Å²) in [5.41, 5.74) is 1.79. The highest BCUT2D eigenvalue weighted by Crippen LogP contribution is 2.41. The molecule has 0 saturated carbocycles. The van der Waals surface area contributed by atoms with Gasteiger partial charge in [0.2, 0.25) is 0 Å². The van der Waals surface area contributed by atoms with Crippen LogP contribution in [0.25, 0.3) is 0 Å². The summed E-state index contributed by atoms with van der Waals surface area (Å²) < 4.78 is 36.4. The summed E-state index contributed by atoms with van der Waals surface area (Å²) in [6.07, 6.45) is 14.7. The molecule has 4 N–H and O–H groups in total. The summed E-state index contributed by atoms with van der Waals surface area (Å²) in [5.74, 6) is -0.0639. The lowest BCUT2D eigenvalue weighted by molar-refractivity contribution is -0.139. The van der Waals surface area contributed by atoms with Gasteiger partial charge in [0.25, 0.3) is 0 Å². The Hall–Kier alpha value is -3.11. The molecule has 1 atom stereocenters. The number of rotatable bonds is 18. The molecule has 0 aliphatic carbocycles. The molecule has 1 aliphatic rings. The highest BCUT2D eigenvalue weighted by Gasteiger charge is 2.35. The molecule has 7 nitrogen and oxygen atoms in total. The Morgan fingerprint density at radius 1 is 0.810 bits per heavy atom. The minimum Gasteiger partial charge on any atom is -0.504 e. The molecule has 1 unspecified atom stereocenters. The van der Waals surface area contributed by atoms with Crippen molar-refractivity contribution in [2.75, 3.05) is 38.5 Å². The second kappa shape index (κ2) is 39.4. The highest BCUT2D eigenvalue weighted by molar-refractivity contribution is 5.52. The third kappa shape index (κ3) is 34.9. The van der Waals surface area contributed by atoms with E-state index in [0.29, 0.717) is 12.5 Å². The van der Waals surface area contributed by atoms with Crippen molar-refractivity contribution in [2.45, 2.75) is 178 Å². The number of alkyl halides is 3. The maximum Gasteiger partial charge on any atom is 0.420 e. The van der Waals surface area contributed by atoms with Crippen LogP contribution in [0.1, 0.15) is 169 Å². The number of aldehydes is 2. The first-order valence-corrected chi connectivity index (χ1v) is 22.2. The average Bonchev–Trinajstić information content (AvgIpc) is 3.18. The summed E-state index contributed by atoms with van der Waals surface area (Å²) in [7, 11) is 2.20. The number of piperidine rings is 1. The Balaban J connectivity index is -0.000000659. The number of hydrogen-bond acceptors (Lipinski definition) is 7. The lowest BCUT2D eigenvalue weighted by Gasteiger charge is -2.26. The minimum absolute atomic E-state index is 0.239. The van der Waals surface area contributed by atoms with Crippen molar-refractivity contribution >= 4 is 18.3 Å². The third-order valence-corrected chi connectivity index (χ3v) is 9.26. The molecule has 58 heavy (non-hydrogen) atoms. The van der Waals surface area contributed by atoms with Gasteiger partial charge >= 0.3 is 6.18 Å². The number of likely N-dealkylation sites (tertiary alicyclic amines) is 1. The van der Waals surface area contributed by atoms with E-state index in [9.17, 15) is 22.8 Å². The van der Waals surface area contributed by atoms with Gasteiger partial charge in [0.15, 0.2) is 11.5 Å². The lowest BCUT2D eigenvalue weighted by Crippen LogP contribution is -2.28. The Kier molecular flexibility index (Phi) is 40.2. The van der Waals surface area contributed by atoms with Gasteiger partial charge in [-0.25, -0.2) is 0 Å². The summed E-state index contributed by atoms with van der Waals surface area (Å²) in [6, 6.07) is 11.2. The topological polar surface area (TPSA) is 102 Å². The van der Waals surface area contributed by atoms with E-state index in [4.69, 9.17) is 10.2 Å². The number of nitrogens with one attached hydrogen (secondary N) is 2. The van der Waals surface area contributed by atoms with E-state index < -0.39 is 23.2 Å². The van der Waals surface area contributed by atoms with Gasteiger partial charge in [-0.1, -0.05) is 106 Å². The maximum absolute atomic E-state index is 12.1. The molecular formula is C48H86F3N3O4. The van der Waals surface area contributed by atoms with E-state index in [1.807, 2.05) is 6.92 Å². The Labute approximate surface area is 353 Å². The zero-order valence-electron chi connectivity index (χ0n) is 38.6. The Morgan fingerprint density at radius 3 is 1.84 bits per heavy atom. The first-order chi connectivity index (χ1) is 27.5. The quantitative estimate of drug-likeness (QED) is 0.0674. The van der Waals surface area contributed by atoms with Crippen LogP contribution in [0.15, 0.2) is 36.4 Å². The summed E-state index contributed by atoms with van der Waals surface area (Å²) >= 11 is 0. The highest BCUT2D eigenvalue weighted by atomic mass is 19.4. The zero-order chi connectivity index (χ0) is 44.8. The van der Waals surface area contributed by atoms with Crippen molar-refractivity contribution < 1.29 is 33.0 Å². The first kappa shape index (κ1) is 59.2. The molecule has 0 bridgehead atoms. The molecule has 1 fully saturated rings. The van der Waals surface area contributed by atoms with Crippen molar-refractivity contribution in [3.63, 3.8) is 0 Å². The van der Waals surface area contributed by atoms with Crippen LogP contribution in [0, 0.1) is 18.8 Å². The van der Waals surface area contributed by atoms with Crippen LogP contribution in [-0.2, 0) is 22.2 Å².